The van der Waals surface area contributed by atoms with Crippen molar-refractivity contribution in [1.29, 1.82) is 0 Å². The standard InChI is InChI=1S/C48H46O/c1-7-21-39(22-8-1)25-11-5-17-33-45-43(37-41-27-13-3-14-28-41)31-19-35-47(45)49-48-36-20-32-44(38-42-29-15-4-16-30-42)46(48)34-18-6-12-26-40-23-9-2-10-24-40/h1-4,7-10,13-24,27-36H,5-6,11-12,25-26,37-38H2. The van der Waals surface area contributed by atoms with Gasteiger partial charge in [-0.2, -0.15) is 0 Å². The number of ether oxygens (including phenoxy) is 1. The lowest BCUT2D eigenvalue weighted by atomic mass is 9.97. The summed E-state index contributed by atoms with van der Waals surface area (Å²) in [5.74, 6) is 1.78. The highest BCUT2D eigenvalue weighted by Gasteiger charge is 2.13. The Kier molecular flexibility index (Phi) is 12.5. The maximum absolute atomic E-state index is 6.95. The molecule has 0 saturated heterocycles. The van der Waals surface area contributed by atoms with Crippen LogP contribution < -0.4 is 4.74 Å². The lowest BCUT2D eigenvalue weighted by molar-refractivity contribution is 0.479. The Morgan fingerprint density at radius 2 is 0.735 bits per heavy atom. The van der Waals surface area contributed by atoms with Gasteiger partial charge in [-0.15, -0.1) is 0 Å². The first-order chi connectivity index (χ1) is 24.3. The van der Waals surface area contributed by atoms with Gasteiger partial charge in [-0.05, 0) is 96.9 Å². The van der Waals surface area contributed by atoms with E-state index in [-0.39, 0.29) is 0 Å². The first kappa shape index (κ1) is 33.5. The summed E-state index contributed by atoms with van der Waals surface area (Å²) in [6.07, 6.45) is 17.3. The maximum atomic E-state index is 6.95. The minimum Gasteiger partial charge on any atom is -0.456 e. The second-order valence-corrected chi connectivity index (χ2v) is 12.6. The van der Waals surface area contributed by atoms with Gasteiger partial charge < -0.3 is 4.74 Å². The highest BCUT2D eigenvalue weighted by Crippen LogP contribution is 2.35. The minimum absolute atomic E-state index is 0.851. The van der Waals surface area contributed by atoms with Gasteiger partial charge in [0.05, 0.1) is 0 Å². The summed E-state index contributed by atoms with van der Waals surface area (Å²) in [5, 5.41) is 0. The highest BCUT2D eigenvalue weighted by atomic mass is 16.5. The zero-order chi connectivity index (χ0) is 33.4. The molecule has 0 N–H and O–H groups in total. The Hall–Kier alpha value is -5.40. The van der Waals surface area contributed by atoms with E-state index in [1.807, 2.05) is 0 Å². The third-order valence-electron chi connectivity index (χ3n) is 8.93. The SMILES string of the molecule is C(=Cc1c(Cc2ccccc2)cccc1Oc1cccc(Cc2ccccc2)c1C=CCCCc1ccccc1)CCCc1ccccc1. The van der Waals surface area contributed by atoms with Gasteiger partial charge in [-0.25, -0.2) is 0 Å². The molecular weight excluding hydrogens is 593 g/mol. The van der Waals surface area contributed by atoms with Crippen LogP contribution in [0.15, 0.2) is 170 Å². The molecule has 0 aliphatic carbocycles. The molecule has 1 heteroatoms. The average Bonchev–Trinajstić information content (AvgIpc) is 3.15. The lowest BCUT2D eigenvalue weighted by Crippen LogP contribution is -1.99. The van der Waals surface area contributed by atoms with Crippen molar-refractivity contribution in [2.75, 3.05) is 0 Å². The number of hydrogen-bond donors (Lipinski definition) is 0. The van der Waals surface area contributed by atoms with E-state index >= 15 is 0 Å². The molecule has 0 spiro atoms. The molecule has 0 saturated carbocycles. The normalized spacial score (nSPS) is 11.3. The number of allylic oxidation sites excluding steroid dienone is 2. The molecule has 0 fully saturated rings. The molecule has 49 heavy (non-hydrogen) atoms. The molecule has 0 aromatic heterocycles. The summed E-state index contributed by atoms with van der Waals surface area (Å²) in [7, 11) is 0. The largest absolute Gasteiger partial charge is 0.456 e. The van der Waals surface area contributed by atoms with Crippen LogP contribution in [0.3, 0.4) is 0 Å². The fraction of sp³-hybridized carbons (Fsp3) is 0.167. The average molecular weight is 639 g/mol. The summed E-state index contributed by atoms with van der Waals surface area (Å²) < 4.78 is 6.95. The van der Waals surface area contributed by atoms with Crippen LogP contribution in [0.5, 0.6) is 11.5 Å². The van der Waals surface area contributed by atoms with Gasteiger partial charge in [0.1, 0.15) is 11.5 Å². The van der Waals surface area contributed by atoms with E-state index in [1.165, 1.54) is 33.4 Å². The van der Waals surface area contributed by atoms with Crippen molar-refractivity contribution in [3.8, 4) is 11.5 Å². The van der Waals surface area contributed by atoms with Gasteiger partial charge in [0, 0.05) is 11.1 Å². The molecule has 244 valence electrons. The molecule has 6 aromatic carbocycles. The fourth-order valence-corrected chi connectivity index (χ4v) is 6.33. The molecule has 0 bridgehead atoms. The second kappa shape index (κ2) is 18.2. The van der Waals surface area contributed by atoms with Crippen molar-refractivity contribution < 1.29 is 4.74 Å². The molecule has 0 unspecified atom stereocenters. The van der Waals surface area contributed by atoms with Crippen molar-refractivity contribution in [3.63, 3.8) is 0 Å². The summed E-state index contributed by atoms with van der Waals surface area (Å²) in [6, 6.07) is 55.9. The Morgan fingerprint density at radius 3 is 1.12 bits per heavy atom. The molecule has 6 aromatic rings. The van der Waals surface area contributed by atoms with Crippen LogP contribution >= 0.6 is 0 Å². The molecular formula is C48H46O. The topological polar surface area (TPSA) is 9.23 Å². The van der Waals surface area contributed by atoms with E-state index in [4.69, 9.17) is 4.74 Å². The van der Waals surface area contributed by atoms with Gasteiger partial charge in [0.15, 0.2) is 0 Å². The quantitative estimate of drug-likeness (QED) is 0.0959. The van der Waals surface area contributed by atoms with Crippen molar-refractivity contribution >= 4 is 12.2 Å². The van der Waals surface area contributed by atoms with Crippen LogP contribution in [0.2, 0.25) is 0 Å². The fourth-order valence-electron chi connectivity index (χ4n) is 6.33. The van der Waals surface area contributed by atoms with Crippen molar-refractivity contribution in [3.05, 3.63) is 214 Å². The van der Waals surface area contributed by atoms with Gasteiger partial charge >= 0.3 is 0 Å². The zero-order valence-electron chi connectivity index (χ0n) is 28.4. The van der Waals surface area contributed by atoms with Gasteiger partial charge in [-0.3, -0.25) is 0 Å². The minimum atomic E-state index is 0.851. The smallest absolute Gasteiger partial charge is 0.134 e. The molecule has 0 atom stereocenters. The van der Waals surface area contributed by atoms with Crippen LogP contribution in [0.25, 0.3) is 12.2 Å². The summed E-state index contributed by atoms with van der Waals surface area (Å²) in [4.78, 5) is 0. The lowest BCUT2D eigenvalue weighted by Gasteiger charge is -2.17. The predicted octanol–water partition coefficient (Wildman–Crippen LogP) is 12.7. The number of hydrogen-bond acceptors (Lipinski definition) is 1. The number of unbranched alkanes of at least 4 members (excludes halogenated alkanes) is 2. The van der Waals surface area contributed by atoms with E-state index in [0.717, 1.165) is 74.0 Å². The summed E-state index contributed by atoms with van der Waals surface area (Å²) in [5.41, 5.74) is 10.2. The van der Waals surface area contributed by atoms with E-state index < -0.39 is 0 Å². The van der Waals surface area contributed by atoms with E-state index in [2.05, 4.69) is 182 Å². The second-order valence-electron chi connectivity index (χ2n) is 12.6. The third kappa shape index (κ3) is 10.3. The van der Waals surface area contributed by atoms with Crippen LogP contribution in [-0.2, 0) is 25.7 Å². The number of aryl methyl sites for hydroxylation is 2. The molecule has 0 amide bonds. The summed E-state index contributed by atoms with van der Waals surface area (Å²) >= 11 is 0. The Morgan fingerprint density at radius 1 is 0.367 bits per heavy atom. The van der Waals surface area contributed by atoms with Crippen molar-refractivity contribution in [1.82, 2.24) is 0 Å². The van der Waals surface area contributed by atoms with Crippen LogP contribution in [0.4, 0.5) is 0 Å². The van der Waals surface area contributed by atoms with Crippen LogP contribution in [0, 0.1) is 0 Å². The van der Waals surface area contributed by atoms with Crippen LogP contribution in [-0.4, -0.2) is 0 Å². The first-order valence-electron chi connectivity index (χ1n) is 17.7. The van der Waals surface area contributed by atoms with Gasteiger partial charge in [0.2, 0.25) is 0 Å². The monoisotopic (exact) mass is 638 g/mol. The predicted molar refractivity (Wildman–Crippen MR) is 208 cm³/mol. The van der Waals surface area contributed by atoms with Gasteiger partial charge in [-0.1, -0.05) is 170 Å². The molecule has 6 rings (SSSR count). The molecule has 0 radical (unpaired) electrons. The molecule has 0 heterocycles. The zero-order valence-corrected chi connectivity index (χ0v) is 28.4. The molecule has 0 aliphatic rings. The molecule has 0 aliphatic heterocycles. The Bertz CT molecular complexity index is 1760. The van der Waals surface area contributed by atoms with E-state index in [0.29, 0.717) is 0 Å². The van der Waals surface area contributed by atoms with E-state index in [9.17, 15) is 0 Å². The van der Waals surface area contributed by atoms with E-state index in [1.54, 1.807) is 0 Å². The number of benzene rings is 6. The van der Waals surface area contributed by atoms with Gasteiger partial charge in [0.25, 0.3) is 0 Å². The first-order valence-corrected chi connectivity index (χ1v) is 17.7. The summed E-state index contributed by atoms with van der Waals surface area (Å²) in [6.45, 7) is 0. The highest BCUT2D eigenvalue weighted by molar-refractivity contribution is 5.66. The third-order valence-corrected chi connectivity index (χ3v) is 8.93. The van der Waals surface area contributed by atoms with Crippen molar-refractivity contribution in [2.24, 2.45) is 0 Å². The maximum Gasteiger partial charge on any atom is 0.134 e. The molecule has 1 nitrogen and oxygen atoms in total. The van der Waals surface area contributed by atoms with Crippen molar-refractivity contribution in [2.45, 2.75) is 51.4 Å². The number of rotatable bonds is 16. The Balaban J connectivity index is 1.27. The van der Waals surface area contributed by atoms with Crippen LogP contribution in [0.1, 0.15) is 70.2 Å². The Labute approximate surface area is 293 Å².